The number of amides is 1. The number of anilines is 3. The molecule has 0 aliphatic rings. The van der Waals surface area contributed by atoms with Crippen LogP contribution in [0.25, 0.3) is 22.0 Å². The summed E-state index contributed by atoms with van der Waals surface area (Å²) in [7, 11) is 1.52. The molecule has 0 radical (unpaired) electrons. The van der Waals surface area contributed by atoms with E-state index in [9.17, 15) is 10.1 Å². The van der Waals surface area contributed by atoms with Crippen LogP contribution >= 0.6 is 23.2 Å². The van der Waals surface area contributed by atoms with Gasteiger partial charge in [0.2, 0.25) is 5.91 Å². The summed E-state index contributed by atoms with van der Waals surface area (Å²) >= 11 is 12.5. The lowest BCUT2D eigenvalue weighted by molar-refractivity contribution is -0.114. The standard InChI is InChI=1S/C25H18Cl2N4O2/c1-14(32)30-18-5-3-4-15(8-18)16-6-7-19-22(9-16)29-13-17(12-28)25(19)31-23-11-24(33-2)21(27)10-20(23)26/h3-11,13H,1-2H3,(H,29,31)(H,30,32). The molecule has 0 spiro atoms. The summed E-state index contributed by atoms with van der Waals surface area (Å²) in [5, 5.41) is 17.2. The molecule has 1 amide bonds. The molecular weight excluding hydrogens is 459 g/mol. The van der Waals surface area contributed by atoms with E-state index in [2.05, 4.69) is 21.7 Å². The largest absolute Gasteiger partial charge is 0.495 e. The van der Waals surface area contributed by atoms with E-state index < -0.39 is 0 Å². The molecule has 3 aromatic carbocycles. The molecule has 2 N–H and O–H groups in total. The molecule has 4 rings (SSSR count). The van der Waals surface area contributed by atoms with Crippen LogP contribution in [0.2, 0.25) is 10.0 Å². The minimum atomic E-state index is -0.135. The maximum atomic E-state index is 11.4. The number of pyridine rings is 1. The summed E-state index contributed by atoms with van der Waals surface area (Å²) in [6.45, 7) is 1.47. The first-order valence-corrected chi connectivity index (χ1v) is 10.7. The number of aromatic nitrogens is 1. The number of rotatable bonds is 5. The predicted octanol–water partition coefficient (Wildman–Crippen LogP) is 6.79. The van der Waals surface area contributed by atoms with Crippen molar-refractivity contribution in [3.8, 4) is 22.9 Å². The molecule has 0 atom stereocenters. The van der Waals surface area contributed by atoms with Gasteiger partial charge in [-0.2, -0.15) is 5.26 Å². The van der Waals surface area contributed by atoms with Crippen LogP contribution in [0.1, 0.15) is 12.5 Å². The van der Waals surface area contributed by atoms with E-state index in [1.54, 1.807) is 12.1 Å². The normalized spacial score (nSPS) is 10.5. The van der Waals surface area contributed by atoms with Crippen molar-refractivity contribution in [2.75, 3.05) is 17.7 Å². The second-order valence-corrected chi connectivity index (χ2v) is 8.06. The Kier molecular flexibility index (Phi) is 6.36. The molecular formula is C25H18Cl2N4O2. The zero-order valence-electron chi connectivity index (χ0n) is 17.7. The topological polar surface area (TPSA) is 87.0 Å². The third-order valence-corrected chi connectivity index (χ3v) is 5.62. The Balaban J connectivity index is 1.79. The molecule has 33 heavy (non-hydrogen) atoms. The molecule has 0 unspecified atom stereocenters. The first-order chi connectivity index (χ1) is 15.9. The van der Waals surface area contributed by atoms with Crippen molar-refractivity contribution in [2.24, 2.45) is 0 Å². The molecule has 0 aliphatic heterocycles. The van der Waals surface area contributed by atoms with Gasteiger partial charge in [-0.1, -0.05) is 47.5 Å². The number of hydrogen-bond acceptors (Lipinski definition) is 5. The average Bonchev–Trinajstić information content (AvgIpc) is 2.80. The zero-order valence-corrected chi connectivity index (χ0v) is 19.3. The Hall–Kier alpha value is -3.79. The van der Waals surface area contributed by atoms with Gasteiger partial charge in [0.15, 0.2) is 0 Å². The third-order valence-electron chi connectivity index (χ3n) is 5.01. The van der Waals surface area contributed by atoms with Gasteiger partial charge in [-0.3, -0.25) is 9.78 Å². The zero-order chi connectivity index (χ0) is 23.5. The Labute approximate surface area is 200 Å². The second-order valence-electron chi connectivity index (χ2n) is 7.24. The lowest BCUT2D eigenvalue weighted by Crippen LogP contribution is -2.05. The lowest BCUT2D eigenvalue weighted by atomic mass is 10.0. The minimum absolute atomic E-state index is 0.135. The number of nitriles is 1. The first-order valence-electron chi connectivity index (χ1n) is 9.90. The molecule has 164 valence electrons. The maximum absolute atomic E-state index is 11.4. The summed E-state index contributed by atoms with van der Waals surface area (Å²) in [4.78, 5) is 15.9. The van der Waals surface area contributed by atoms with Gasteiger partial charge in [-0.25, -0.2) is 0 Å². The van der Waals surface area contributed by atoms with Crippen LogP contribution in [-0.2, 0) is 4.79 Å². The number of carbonyl (C=O) groups excluding carboxylic acids is 1. The van der Waals surface area contributed by atoms with E-state index >= 15 is 0 Å². The monoisotopic (exact) mass is 476 g/mol. The Bertz CT molecular complexity index is 1430. The van der Waals surface area contributed by atoms with Crippen LogP contribution in [0.4, 0.5) is 17.1 Å². The number of hydrogen-bond donors (Lipinski definition) is 2. The highest BCUT2D eigenvalue weighted by molar-refractivity contribution is 6.37. The predicted molar refractivity (Wildman–Crippen MR) is 132 cm³/mol. The summed E-state index contributed by atoms with van der Waals surface area (Å²) in [5.74, 6) is 0.325. The van der Waals surface area contributed by atoms with Gasteiger partial charge < -0.3 is 15.4 Å². The van der Waals surface area contributed by atoms with Crippen LogP contribution in [-0.4, -0.2) is 18.0 Å². The minimum Gasteiger partial charge on any atom is -0.495 e. The van der Waals surface area contributed by atoms with Crippen LogP contribution in [0.3, 0.4) is 0 Å². The fourth-order valence-electron chi connectivity index (χ4n) is 3.49. The third kappa shape index (κ3) is 4.70. The molecule has 6 nitrogen and oxygen atoms in total. The molecule has 8 heteroatoms. The second kappa shape index (κ2) is 9.37. The van der Waals surface area contributed by atoms with Gasteiger partial charge in [0, 0.05) is 30.3 Å². The Morgan fingerprint density at radius 2 is 1.85 bits per heavy atom. The van der Waals surface area contributed by atoms with Crippen molar-refractivity contribution in [3.63, 3.8) is 0 Å². The van der Waals surface area contributed by atoms with E-state index in [4.69, 9.17) is 27.9 Å². The molecule has 0 saturated heterocycles. The quantitative estimate of drug-likeness (QED) is 0.331. The number of nitrogens with one attached hydrogen (secondary N) is 2. The fraction of sp³-hybridized carbons (Fsp3) is 0.0800. The molecule has 0 bridgehead atoms. The summed E-state index contributed by atoms with van der Waals surface area (Å²) in [6, 6.07) is 18.8. The average molecular weight is 477 g/mol. The highest BCUT2D eigenvalue weighted by Gasteiger charge is 2.14. The van der Waals surface area contributed by atoms with Crippen LogP contribution < -0.4 is 15.4 Å². The number of benzene rings is 3. The Morgan fingerprint density at radius 3 is 2.58 bits per heavy atom. The molecule has 0 aliphatic carbocycles. The van der Waals surface area contributed by atoms with Crippen LogP contribution in [0, 0.1) is 11.3 Å². The number of ether oxygens (including phenoxy) is 1. The van der Waals surface area contributed by atoms with Gasteiger partial charge in [0.05, 0.1) is 39.6 Å². The highest BCUT2D eigenvalue weighted by Crippen LogP contribution is 2.38. The van der Waals surface area contributed by atoms with Gasteiger partial charge in [-0.15, -0.1) is 0 Å². The molecule has 0 saturated carbocycles. The maximum Gasteiger partial charge on any atom is 0.221 e. The number of methoxy groups -OCH3 is 1. The van der Waals surface area contributed by atoms with Crippen molar-refractivity contribution < 1.29 is 9.53 Å². The van der Waals surface area contributed by atoms with Crippen molar-refractivity contribution >= 4 is 57.1 Å². The first kappa shape index (κ1) is 22.4. The van der Waals surface area contributed by atoms with E-state index in [0.29, 0.717) is 43.9 Å². The van der Waals surface area contributed by atoms with E-state index in [1.807, 2.05) is 42.5 Å². The van der Waals surface area contributed by atoms with E-state index in [0.717, 1.165) is 16.5 Å². The lowest BCUT2D eigenvalue weighted by Gasteiger charge is -2.15. The molecule has 4 aromatic rings. The fourth-order valence-corrected chi connectivity index (χ4v) is 4.00. The van der Waals surface area contributed by atoms with Crippen molar-refractivity contribution in [3.05, 3.63) is 76.4 Å². The molecule has 0 fully saturated rings. The Morgan fingerprint density at radius 1 is 1.06 bits per heavy atom. The van der Waals surface area contributed by atoms with Gasteiger partial charge >= 0.3 is 0 Å². The van der Waals surface area contributed by atoms with E-state index in [-0.39, 0.29) is 5.91 Å². The van der Waals surface area contributed by atoms with Gasteiger partial charge in [0.25, 0.3) is 0 Å². The SMILES string of the molecule is COc1cc(Nc2c(C#N)cnc3cc(-c4cccc(NC(C)=O)c4)ccc23)c(Cl)cc1Cl. The van der Waals surface area contributed by atoms with Crippen LogP contribution in [0.15, 0.2) is 60.8 Å². The van der Waals surface area contributed by atoms with Crippen molar-refractivity contribution in [1.82, 2.24) is 4.98 Å². The van der Waals surface area contributed by atoms with Gasteiger partial charge in [0.1, 0.15) is 11.8 Å². The summed E-state index contributed by atoms with van der Waals surface area (Å²) in [5.41, 5.74) is 4.74. The highest BCUT2D eigenvalue weighted by atomic mass is 35.5. The summed E-state index contributed by atoms with van der Waals surface area (Å²) < 4.78 is 5.29. The number of halogens is 2. The number of nitrogens with zero attached hydrogens (tertiary/aromatic N) is 2. The van der Waals surface area contributed by atoms with Crippen molar-refractivity contribution in [1.29, 1.82) is 5.26 Å². The van der Waals surface area contributed by atoms with E-state index in [1.165, 1.54) is 20.2 Å². The van der Waals surface area contributed by atoms with Crippen molar-refractivity contribution in [2.45, 2.75) is 6.92 Å². The number of carbonyl (C=O) groups is 1. The smallest absolute Gasteiger partial charge is 0.221 e. The van der Waals surface area contributed by atoms with Crippen LogP contribution in [0.5, 0.6) is 5.75 Å². The molecule has 1 aromatic heterocycles. The van der Waals surface area contributed by atoms with Gasteiger partial charge in [-0.05, 0) is 35.4 Å². The molecule has 1 heterocycles. The summed E-state index contributed by atoms with van der Waals surface area (Å²) in [6.07, 6.45) is 1.52. The number of fused-ring (bicyclic) bond motifs is 1.